The number of ether oxygens (including phenoxy) is 1. The highest BCUT2D eigenvalue weighted by Gasteiger charge is 2.18. The molecule has 5 nitrogen and oxygen atoms in total. The quantitative estimate of drug-likeness (QED) is 0.728. The maximum atomic E-state index is 12.3. The Morgan fingerprint density at radius 3 is 2.84 bits per heavy atom. The molecule has 0 aliphatic rings. The highest BCUT2D eigenvalue weighted by Crippen LogP contribution is 2.28. The molecule has 0 bridgehead atoms. The van der Waals surface area contributed by atoms with Gasteiger partial charge in [-0.2, -0.15) is 0 Å². The van der Waals surface area contributed by atoms with Gasteiger partial charge in [0.25, 0.3) is 0 Å². The number of aromatic nitrogens is 1. The monoisotopic (exact) mass is 355 g/mol. The van der Waals surface area contributed by atoms with Gasteiger partial charge in [0.1, 0.15) is 10.8 Å². The number of likely N-dealkylation sites (N-methyl/N-ethyl adjacent to an activating group) is 1. The smallest absolute Gasteiger partial charge is 0.238 e. The normalized spacial score (nSPS) is 12.3. The lowest BCUT2D eigenvalue weighted by Gasteiger charge is -2.22. The van der Waals surface area contributed by atoms with Crippen LogP contribution in [0.15, 0.2) is 48.5 Å². The summed E-state index contributed by atoms with van der Waals surface area (Å²) >= 11 is 1.67. The second-order valence-electron chi connectivity index (χ2n) is 5.89. The van der Waals surface area contributed by atoms with Gasteiger partial charge >= 0.3 is 0 Å². The molecule has 1 N–H and O–H groups in total. The van der Waals surface area contributed by atoms with Crippen molar-refractivity contribution in [2.75, 3.05) is 26.0 Å². The third kappa shape index (κ3) is 4.15. The van der Waals surface area contributed by atoms with E-state index < -0.39 is 0 Å². The fourth-order valence-electron chi connectivity index (χ4n) is 2.52. The van der Waals surface area contributed by atoms with Crippen LogP contribution in [0.2, 0.25) is 0 Å². The molecule has 0 aliphatic carbocycles. The first-order valence-corrected chi connectivity index (χ1v) is 8.88. The maximum Gasteiger partial charge on any atom is 0.238 e. The lowest BCUT2D eigenvalue weighted by molar-refractivity contribution is -0.117. The van der Waals surface area contributed by atoms with Gasteiger partial charge < -0.3 is 10.1 Å². The predicted octanol–water partition coefficient (Wildman–Crippen LogP) is 3.94. The molecule has 0 unspecified atom stereocenters. The van der Waals surface area contributed by atoms with Crippen LogP contribution in [0.3, 0.4) is 0 Å². The van der Waals surface area contributed by atoms with Crippen LogP contribution in [-0.2, 0) is 4.79 Å². The van der Waals surface area contributed by atoms with E-state index in [9.17, 15) is 4.79 Å². The minimum Gasteiger partial charge on any atom is -0.497 e. The van der Waals surface area contributed by atoms with Crippen molar-refractivity contribution in [1.29, 1.82) is 0 Å². The van der Waals surface area contributed by atoms with Crippen LogP contribution in [-0.4, -0.2) is 36.5 Å². The van der Waals surface area contributed by atoms with E-state index in [-0.39, 0.29) is 18.5 Å². The molecule has 0 saturated carbocycles. The lowest BCUT2D eigenvalue weighted by atomic mass is 10.3. The highest BCUT2D eigenvalue weighted by atomic mass is 32.1. The van der Waals surface area contributed by atoms with E-state index in [4.69, 9.17) is 4.74 Å². The summed E-state index contributed by atoms with van der Waals surface area (Å²) in [5, 5.41) is 3.91. The Hall–Kier alpha value is -2.44. The number of nitrogens with zero attached hydrogens (tertiary/aromatic N) is 2. The average Bonchev–Trinajstić information content (AvgIpc) is 3.05. The standard InChI is InChI=1S/C19H21N3O2S/c1-13(19-21-16-9-4-5-10-17(16)25-19)22(2)12-18(23)20-14-7-6-8-15(11-14)24-3/h4-11,13H,12H2,1-3H3,(H,20,23)/t13-/m1/s1. The molecule has 3 aromatic rings. The van der Waals surface area contributed by atoms with Gasteiger partial charge in [-0.05, 0) is 38.2 Å². The number of fused-ring (bicyclic) bond motifs is 1. The number of amides is 1. The average molecular weight is 355 g/mol. The summed E-state index contributed by atoms with van der Waals surface area (Å²) in [5.41, 5.74) is 1.73. The number of hydrogen-bond acceptors (Lipinski definition) is 5. The van der Waals surface area contributed by atoms with E-state index >= 15 is 0 Å². The molecule has 1 atom stereocenters. The first-order chi connectivity index (χ1) is 12.1. The summed E-state index contributed by atoms with van der Waals surface area (Å²) in [6.07, 6.45) is 0. The predicted molar refractivity (Wildman–Crippen MR) is 102 cm³/mol. The van der Waals surface area contributed by atoms with Crippen molar-refractivity contribution in [1.82, 2.24) is 9.88 Å². The highest BCUT2D eigenvalue weighted by molar-refractivity contribution is 7.18. The zero-order chi connectivity index (χ0) is 17.8. The summed E-state index contributed by atoms with van der Waals surface area (Å²) in [6, 6.07) is 15.5. The Bertz CT molecular complexity index is 845. The fraction of sp³-hybridized carbons (Fsp3) is 0.263. The molecule has 2 aromatic carbocycles. The van der Waals surface area contributed by atoms with Crippen molar-refractivity contribution < 1.29 is 9.53 Å². The fourth-order valence-corrected chi connectivity index (χ4v) is 3.61. The molecule has 6 heteroatoms. The van der Waals surface area contributed by atoms with Crippen molar-refractivity contribution in [2.45, 2.75) is 13.0 Å². The lowest BCUT2D eigenvalue weighted by Crippen LogP contribution is -2.32. The Labute approximate surface area is 151 Å². The molecule has 25 heavy (non-hydrogen) atoms. The second-order valence-corrected chi connectivity index (χ2v) is 6.95. The van der Waals surface area contributed by atoms with Gasteiger partial charge in [-0.25, -0.2) is 4.98 Å². The molecule has 1 amide bonds. The zero-order valence-corrected chi connectivity index (χ0v) is 15.3. The van der Waals surface area contributed by atoms with Crippen molar-refractivity contribution >= 4 is 33.1 Å². The minimum atomic E-state index is -0.0660. The van der Waals surface area contributed by atoms with Crippen LogP contribution < -0.4 is 10.1 Å². The van der Waals surface area contributed by atoms with Gasteiger partial charge in [-0.3, -0.25) is 9.69 Å². The number of thiazole rings is 1. The summed E-state index contributed by atoms with van der Waals surface area (Å²) in [7, 11) is 3.54. The topological polar surface area (TPSA) is 54.5 Å². The molecule has 1 heterocycles. The van der Waals surface area contributed by atoms with Gasteiger partial charge in [-0.15, -0.1) is 11.3 Å². The number of para-hydroxylation sites is 1. The number of carbonyl (C=O) groups is 1. The Kier molecular flexibility index (Phi) is 5.31. The van der Waals surface area contributed by atoms with E-state index in [2.05, 4.69) is 23.3 Å². The van der Waals surface area contributed by atoms with E-state index in [0.717, 1.165) is 16.2 Å². The molecule has 0 aliphatic heterocycles. The molecule has 0 spiro atoms. The number of methoxy groups -OCH3 is 1. The van der Waals surface area contributed by atoms with Gasteiger partial charge in [-0.1, -0.05) is 18.2 Å². The van der Waals surface area contributed by atoms with Gasteiger partial charge in [0, 0.05) is 11.8 Å². The van der Waals surface area contributed by atoms with E-state index in [1.165, 1.54) is 4.70 Å². The summed E-state index contributed by atoms with van der Waals surface area (Å²) in [5.74, 6) is 0.651. The van der Waals surface area contributed by atoms with E-state index in [1.54, 1.807) is 24.5 Å². The Morgan fingerprint density at radius 1 is 1.28 bits per heavy atom. The van der Waals surface area contributed by atoms with Gasteiger partial charge in [0.2, 0.25) is 5.91 Å². The summed E-state index contributed by atoms with van der Waals surface area (Å²) < 4.78 is 6.34. The molecular weight excluding hydrogens is 334 g/mol. The summed E-state index contributed by atoms with van der Waals surface area (Å²) in [6.45, 7) is 2.35. The van der Waals surface area contributed by atoms with Crippen LogP contribution in [0, 0.1) is 0 Å². The molecule has 130 valence electrons. The van der Waals surface area contributed by atoms with Crippen LogP contribution in [0.4, 0.5) is 5.69 Å². The molecule has 0 radical (unpaired) electrons. The van der Waals surface area contributed by atoms with Crippen molar-refractivity contribution in [2.24, 2.45) is 0 Å². The van der Waals surface area contributed by atoms with E-state index in [1.807, 2.05) is 48.3 Å². The molecule has 3 rings (SSSR count). The first-order valence-electron chi connectivity index (χ1n) is 8.06. The number of nitrogens with one attached hydrogen (secondary N) is 1. The number of hydrogen-bond donors (Lipinski definition) is 1. The number of carbonyl (C=O) groups excluding carboxylic acids is 1. The van der Waals surface area contributed by atoms with Gasteiger partial charge in [0.05, 0.1) is 29.9 Å². The molecular formula is C19H21N3O2S. The van der Waals surface area contributed by atoms with E-state index in [0.29, 0.717) is 5.75 Å². The SMILES string of the molecule is COc1cccc(NC(=O)CN(C)[C@H](C)c2nc3ccccc3s2)c1. The maximum absolute atomic E-state index is 12.3. The van der Waals surface area contributed by atoms with Crippen LogP contribution >= 0.6 is 11.3 Å². The zero-order valence-electron chi connectivity index (χ0n) is 14.5. The van der Waals surface area contributed by atoms with Crippen molar-refractivity contribution in [3.8, 4) is 5.75 Å². The second kappa shape index (κ2) is 7.63. The number of rotatable bonds is 6. The van der Waals surface area contributed by atoms with Crippen LogP contribution in [0.1, 0.15) is 18.0 Å². The van der Waals surface area contributed by atoms with Crippen LogP contribution in [0.25, 0.3) is 10.2 Å². The van der Waals surface area contributed by atoms with Crippen LogP contribution in [0.5, 0.6) is 5.75 Å². The van der Waals surface area contributed by atoms with Crippen molar-refractivity contribution in [3.05, 3.63) is 53.5 Å². The molecule has 1 aromatic heterocycles. The van der Waals surface area contributed by atoms with Crippen molar-refractivity contribution in [3.63, 3.8) is 0 Å². The summed E-state index contributed by atoms with van der Waals surface area (Å²) in [4.78, 5) is 19.0. The number of benzene rings is 2. The Balaban J connectivity index is 1.63. The largest absolute Gasteiger partial charge is 0.497 e. The molecule has 0 fully saturated rings. The molecule has 0 saturated heterocycles. The third-order valence-electron chi connectivity index (χ3n) is 4.08. The Morgan fingerprint density at radius 2 is 2.08 bits per heavy atom. The number of anilines is 1. The third-order valence-corrected chi connectivity index (χ3v) is 5.28. The van der Waals surface area contributed by atoms with Gasteiger partial charge in [0.15, 0.2) is 0 Å². The first kappa shape index (κ1) is 17.4. The minimum absolute atomic E-state index is 0.0634.